The molecule has 8 N–H and O–H groups in total. The van der Waals surface area contributed by atoms with Crippen LogP contribution in [0.15, 0.2) is 87.7 Å². The van der Waals surface area contributed by atoms with Crippen molar-refractivity contribution in [1.29, 1.82) is 0 Å². The molecule has 4 rings (SSSR count). The molecule has 260 valence electrons. The van der Waals surface area contributed by atoms with E-state index in [0.717, 1.165) is 48.6 Å². The van der Waals surface area contributed by atoms with Crippen LogP contribution < -0.4 is 0 Å². The van der Waals surface area contributed by atoms with E-state index in [0.29, 0.717) is 0 Å². The lowest BCUT2D eigenvalue weighted by atomic mass is 10.1. The van der Waals surface area contributed by atoms with Gasteiger partial charge in [-0.15, -0.1) is 10.2 Å². The highest BCUT2D eigenvalue weighted by molar-refractivity contribution is 9.11. The monoisotopic (exact) mass is 856 g/mol. The van der Waals surface area contributed by atoms with E-state index in [4.69, 9.17) is 0 Å². The minimum Gasteiger partial charge on any atom is -0.507 e. The molecule has 22 heteroatoms. The minimum absolute atomic E-state index is 0.229. The molecule has 4 aromatic carbocycles. The lowest BCUT2D eigenvalue weighted by molar-refractivity contribution is 0.0686. The molecule has 0 radical (unpaired) electrons. The van der Waals surface area contributed by atoms with Gasteiger partial charge in [-0.25, -0.2) is 9.59 Å². The molecule has 0 saturated heterocycles. The number of halogens is 2. The van der Waals surface area contributed by atoms with Crippen LogP contribution >= 0.6 is 31.9 Å². The second-order valence-corrected chi connectivity index (χ2v) is 14.0. The van der Waals surface area contributed by atoms with Gasteiger partial charge in [0, 0.05) is 0 Å². The van der Waals surface area contributed by atoms with Crippen molar-refractivity contribution in [2.45, 2.75) is 9.79 Å². The van der Waals surface area contributed by atoms with Crippen molar-refractivity contribution in [1.82, 2.24) is 0 Å². The van der Waals surface area contributed by atoms with Crippen molar-refractivity contribution < 1.29 is 66.2 Å². The fourth-order valence-corrected chi connectivity index (χ4v) is 6.07. The second-order valence-electron chi connectivity index (χ2n) is 9.65. The smallest absolute Gasteiger partial charge is 0.338 e. The Labute approximate surface area is 296 Å². The Balaban J connectivity index is 1.74. The zero-order valence-corrected chi connectivity index (χ0v) is 29.0. The molecule has 0 amide bonds. The Kier molecular flexibility index (Phi) is 10.7. The number of carboxylic acids is 2. The van der Waals surface area contributed by atoms with Crippen LogP contribution in [0.3, 0.4) is 0 Å². The largest absolute Gasteiger partial charge is 0.507 e. The highest BCUT2D eigenvalue weighted by atomic mass is 79.9. The molecule has 0 aliphatic carbocycles. The van der Waals surface area contributed by atoms with Gasteiger partial charge in [-0.3, -0.25) is 9.11 Å². The Hall–Kier alpha value is -5.26. The number of azo groups is 2. The average molecular weight is 858 g/mol. The number of hydrogen-bond acceptors (Lipinski definition) is 14. The molecule has 0 atom stereocenters. The quantitative estimate of drug-likeness (QED) is 0.0456. The number of carboxylic acid groups (broad SMARTS) is 2. The Morgan fingerprint density at radius 3 is 1.22 bits per heavy atom. The fraction of sp³-hybridized carbons (Fsp3) is 0. The predicted octanol–water partition coefficient (Wildman–Crippen LogP) is 6.93. The Morgan fingerprint density at radius 2 is 0.920 bits per heavy atom. The maximum atomic E-state index is 12.2. The maximum absolute atomic E-state index is 12.2. The van der Waals surface area contributed by atoms with Crippen LogP contribution in [0.5, 0.6) is 23.0 Å². The highest BCUT2D eigenvalue weighted by Crippen LogP contribution is 2.45. The molecule has 50 heavy (non-hydrogen) atoms. The lowest BCUT2D eigenvalue weighted by Gasteiger charge is -2.08. The summed E-state index contributed by atoms with van der Waals surface area (Å²) in [5.41, 5.74) is -3.49. The van der Waals surface area contributed by atoms with Crippen LogP contribution in [0.25, 0.3) is 12.2 Å². The summed E-state index contributed by atoms with van der Waals surface area (Å²) in [5.74, 6) is -5.99. The van der Waals surface area contributed by atoms with Crippen LogP contribution in [0, 0.1) is 0 Å². The lowest BCUT2D eigenvalue weighted by Crippen LogP contribution is -2.01. The molecular formula is C28H18Br2N4O14S2. The van der Waals surface area contributed by atoms with Crippen LogP contribution in [0.1, 0.15) is 31.8 Å². The first-order chi connectivity index (χ1) is 23.2. The van der Waals surface area contributed by atoms with E-state index in [1.165, 1.54) is 12.1 Å². The summed E-state index contributed by atoms with van der Waals surface area (Å²) >= 11 is 5.72. The fourth-order valence-electron chi connectivity index (χ4n) is 4.06. The number of phenolic OH excluding ortho intramolecular Hbond substituents is 4. The molecule has 0 bridgehead atoms. The number of aromatic hydroxyl groups is 4. The normalized spacial score (nSPS) is 12.3. The number of rotatable bonds is 10. The molecular weight excluding hydrogens is 840 g/mol. The van der Waals surface area contributed by atoms with Gasteiger partial charge in [0.1, 0.15) is 41.6 Å². The van der Waals surface area contributed by atoms with Gasteiger partial charge in [0.05, 0.1) is 22.5 Å². The average Bonchev–Trinajstić information content (AvgIpc) is 3.03. The van der Waals surface area contributed by atoms with Gasteiger partial charge in [0.25, 0.3) is 20.2 Å². The molecule has 0 aliphatic heterocycles. The number of carbonyl (C=O) groups is 2. The molecule has 0 unspecified atom stereocenters. The molecule has 0 aliphatic rings. The summed E-state index contributed by atoms with van der Waals surface area (Å²) in [5, 5.41) is 73.6. The Bertz CT molecular complexity index is 2250. The molecule has 0 fully saturated rings. The van der Waals surface area contributed by atoms with Gasteiger partial charge in [-0.2, -0.15) is 27.1 Å². The third kappa shape index (κ3) is 8.12. The van der Waals surface area contributed by atoms with E-state index in [2.05, 4.69) is 52.3 Å². The van der Waals surface area contributed by atoms with Crippen LogP contribution in [0.4, 0.5) is 22.7 Å². The summed E-state index contributed by atoms with van der Waals surface area (Å²) in [6.07, 6.45) is 2.09. The van der Waals surface area contributed by atoms with Gasteiger partial charge in [-0.05, 0) is 79.4 Å². The van der Waals surface area contributed by atoms with E-state index >= 15 is 0 Å². The molecule has 0 saturated carbocycles. The zero-order chi connectivity index (χ0) is 37.3. The minimum atomic E-state index is -5.00. The molecule has 18 nitrogen and oxygen atoms in total. The third-order valence-electron chi connectivity index (χ3n) is 6.37. The van der Waals surface area contributed by atoms with Crippen molar-refractivity contribution in [3.63, 3.8) is 0 Å². The highest BCUT2D eigenvalue weighted by Gasteiger charge is 2.23. The first kappa shape index (κ1) is 37.6. The SMILES string of the molecule is O=C(O)c1cc(O)c(Br)c(O)c1N=Nc1ccc(/C=C/c2ccc(N=Nc3c(C(=O)O)cc(O)c(Br)c3O)cc2S(=O)(=O)O)c(S(=O)(=O)O)c1. The van der Waals surface area contributed by atoms with Crippen molar-refractivity contribution in [2.75, 3.05) is 0 Å². The summed E-state index contributed by atoms with van der Waals surface area (Å²) in [6.45, 7) is 0. The van der Waals surface area contributed by atoms with Crippen molar-refractivity contribution in [2.24, 2.45) is 20.5 Å². The van der Waals surface area contributed by atoms with Gasteiger partial charge < -0.3 is 30.6 Å². The summed E-state index contributed by atoms with van der Waals surface area (Å²) in [4.78, 5) is 21.6. The number of aromatic carboxylic acids is 2. The maximum Gasteiger partial charge on any atom is 0.338 e. The van der Waals surface area contributed by atoms with Crippen molar-refractivity contribution in [3.05, 3.63) is 79.7 Å². The number of phenols is 4. The van der Waals surface area contributed by atoms with Crippen LogP contribution in [-0.4, -0.2) is 68.5 Å². The van der Waals surface area contributed by atoms with Gasteiger partial charge in [0.15, 0.2) is 11.5 Å². The van der Waals surface area contributed by atoms with E-state index < -0.39 is 87.5 Å². The summed E-state index contributed by atoms with van der Waals surface area (Å²) in [7, 11) is -9.99. The molecule has 4 aromatic rings. The van der Waals surface area contributed by atoms with E-state index in [1.807, 2.05) is 0 Å². The van der Waals surface area contributed by atoms with Gasteiger partial charge in [0.2, 0.25) is 0 Å². The standard InChI is InChI=1S/C28H18Br2N4O14S2/c29-21-17(35)9-15(27(39)40)23(25(21)37)33-31-13-5-3-11(19(7-13)49(43,44)45)1-2-12-4-6-14(8-20(12)50(46,47)48)32-34-24-16(28(41)42)10-18(36)22(30)26(24)38/h1-10,35-38H,(H,39,40)(H,41,42)(H,43,44,45)(H,46,47,48)/b2-1+,33-31?,34-32?. The first-order valence-electron chi connectivity index (χ1n) is 12.9. The topological polar surface area (TPSA) is 314 Å². The van der Waals surface area contributed by atoms with E-state index in [-0.39, 0.29) is 31.4 Å². The number of hydrogen-bond donors (Lipinski definition) is 8. The van der Waals surface area contributed by atoms with E-state index in [1.54, 1.807) is 0 Å². The third-order valence-corrected chi connectivity index (χ3v) is 9.75. The summed E-state index contributed by atoms with van der Waals surface area (Å²) in [6, 6.07) is 7.75. The predicted molar refractivity (Wildman–Crippen MR) is 179 cm³/mol. The summed E-state index contributed by atoms with van der Waals surface area (Å²) < 4.78 is 68.1. The second kappa shape index (κ2) is 14.3. The van der Waals surface area contributed by atoms with Gasteiger partial charge in [-0.1, -0.05) is 24.3 Å². The van der Waals surface area contributed by atoms with Crippen LogP contribution in [-0.2, 0) is 20.2 Å². The number of benzene rings is 4. The van der Waals surface area contributed by atoms with Crippen molar-refractivity contribution in [3.8, 4) is 23.0 Å². The van der Waals surface area contributed by atoms with Crippen molar-refractivity contribution >= 4 is 98.9 Å². The zero-order valence-electron chi connectivity index (χ0n) is 24.2. The van der Waals surface area contributed by atoms with Gasteiger partial charge >= 0.3 is 11.9 Å². The molecule has 0 aromatic heterocycles. The number of nitrogens with zero attached hydrogens (tertiary/aromatic N) is 4. The molecule has 0 heterocycles. The Morgan fingerprint density at radius 1 is 0.580 bits per heavy atom. The van der Waals surface area contributed by atoms with E-state index in [9.17, 15) is 66.2 Å². The first-order valence-corrected chi connectivity index (χ1v) is 17.4. The van der Waals surface area contributed by atoms with Crippen LogP contribution in [0.2, 0.25) is 0 Å². The molecule has 0 spiro atoms.